The first kappa shape index (κ1) is 13.0. The molecular formula is C12H14BrN3O2. The van der Waals surface area contributed by atoms with Crippen molar-refractivity contribution in [2.24, 2.45) is 0 Å². The summed E-state index contributed by atoms with van der Waals surface area (Å²) in [7, 11) is 0. The first-order chi connectivity index (χ1) is 8.46. The van der Waals surface area contributed by atoms with E-state index in [1.807, 2.05) is 18.3 Å². The highest BCUT2D eigenvalue weighted by Gasteiger charge is 2.36. The number of halogens is 1. The Kier molecular flexibility index (Phi) is 3.38. The van der Waals surface area contributed by atoms with E-state index in [4.69, 9.17) is 4.74 Å². The van der Waals surface area contributed by atoms with Crippen molar-refractivity contribution >= 4 is 27.5 Å². The number of pyridine rings is 1. The van der Waals surface area contributed by atoms with E-state index in [-0.39, 0.29) is 5.97 Å². The molecule has 0 saturated carbocycles. The minimum Gasteiger partial charge on any atom is -0.465 e. The van der Waals surface area contributed by atoms with Gasteiger partial charge in [0.2, 0.25) is 0 Å². The van der Waals surface area contributed by atoms with Crippen LogP contribution in [0.5, 0.6) is 0 Å². The predicted octanol–water partition coefficient (Wildman–Crippen LogP) is 2.33. The van der Waals surface area contributed by atoms with Crippen molar-refractivity contribution in [3.05, 3.63) is 28.6 Å². The standard InChI is InChI=1S/C12H14BrN3O2/c1-4-18-11(17)12(2,3)10-15-14-9-6-5-8(13)7-16(9)10/h5-7H,4H2,1-3H3. The summed E-state index contributed by atoms with van der Waals surface area (Å²) in [6.45, 7) is 5.69. The van der Waals surface area contributed by atoms with Crippen molar-refractivity contribution in [3.8, 4) is 0 Å². The topological polar surface area (TPSA) is 56.5 Å². The van der Waals surface area contributed by atoms with E-state index in [2.05, 4.69) is 26.1 Å². The second kappa shape index (κ2) is 4.68. The van der Waals surface area contributed by atoms with E-state index in [0.29, 0.717) is 18.1 Å². The maximum absolute atomic E-state index is 12.0. The average molecular weight is 312 g/mol. The summed E-state index contributed by atoms with van der Waals surface area (Å²) in [5.74, 6) is 0.261. The van der Waals surface area contributed by atoms with Gasteiger partial charge in [-0.15, -0.1) is 10.2 Å². The normalized spacial score (nSPS) is 11.8. The Morgan fingerprint density at radius 1 is 1.44 bits per heavy atom. The number of carbonyl (C=O) groups is 1. The molecule has 0 amide bonds. The van der Waals surface area contributed by atoms with Crippen LogP contribution in [0.1, 0.15) is 26.6 Å². The zero-order chi connectivity index (χ0) is 13.3. The second-order valence-electron chi connectivity index (χ2n) is 4.44. The third-order valence-corrected chi connectivity index (χ3v) is 3.18. The number of rotatable bonds is 3. The van der Waals surface area contributed by atoms with Crippen molar-refractivity contribution in [2.75, 3.05) is 6.61 Å². The highest BCUT2D eigenvalue weighted by Crippen LogP contribution is 2.24. The van der Waals surface area contributed by atoms with Gasteiger partial charge >= 0.3 is 5.97 Å². The van der Waals surface area contributed by atoms with Crippen LogP contribution in [0.2, 0.25) is 0 Å². The van der Waals surface area contributed by atoms with Gasteiger partial charge in [0.15, 0.2) is 11.5 Å². The fourth-order valence-electron chi connectivity index (χ4n) is 1.69. The minimum absolute atomic E-state index is 0.306. The predicted molar refractivity (Wildman–Crippen MR) is 70.3 cm³/mol. The lowest BCUT2D eigenvalue weighted by atomic mass is 9.92. The van der Waals surface area contributed by atoms with Gasteiger partial charge in [-0.25, -0.2) is 0 Å². The number of aromatic nitrogens is 3. The molecular weight excluding hydrogens is 298 g/mol. The molecule has 2 aromatic rings. The Hall–Kier alpha value is -1.43. The lowest BCUT2D eigenvalue weighted by molar-refractivity contribution is -0.149. The average Bonchev–Trinajstić information content (AvgIpc) is 2.72. The molecule has 0 unspecified atom stereocenters. The molecule has 0 aliphatic heterocycles. The molecule has 18 heavy (non-hydrogen) atoms. The number of nitrogens with zero attached hydrogens (tertiary/aromatic N) is 3. The Morgan fingerprint density at radius 3 is 2.83 bits per heavy atom. The Balaban J connectivity index is 2.53. The SMILES string of the molecule is CCOC(=O)C(C)(C)c1nnc2ccc(Br)cn12. The number of carbonyl (C=O) groups excluding carboxylic acids is 1. The van der Waals surface area contributed by atoms with Crippen LogP contribution in [0.3, 0.4) is 0 Å². The third kappa shape index (κ3) is 2.12. The molecule has 0 aliphatic carbocycles. The van der Waals surface area contributed by atoms with Gasteiger partial charge in [-0.2, -0.15) is 0 Å². The van der Waals surface area contributed by atoms with Gasteiger partial charge in [0.1, 0.15) is 5.41 Å². The molecule has 96 valence electrons. The van der Waals surface area contributed by atoms with Gasteiger partial charge < -0.3 is 4.74 Å². The molecule has 0 spiro atoms. The van der Waals surface area contributed by atoms with Crippen LogP contribution < -0.4 is 0 Å². The monoisotopic (exact) mass is 311 g/mol. The summed E-state index contributed by atoms with van der Waals surface area (Å²) in [4.78, 5) is 12.0. The summed E-state index contributed by atoms with van der Waals surface area (Å²) in [6.07, 6.45) is 1.84. The smallest absolute Gasteiger partial charge is 0.319 e. The molecule has 0 N–H and O–H groups in total. The summed E-state index contributed by atoms with van der Waals surface area (Å²) >= 11 is 3.39. The molecule has 6 heteroatoms. The van der Waals surface area contributed by atoms with Crippen LogP contribution in [0.4, 0.5) is 0 Å². The van der Waals surface area contributed by atoms with Crippen LogP contribution >= 0.6 is 15.9 Å². The molecule has 0 bridgehead atoms. The maximum atomic E-state index is 12.0. The van der Waals surface area contributed by atoms with Crippen LogP contribution in [0.25, 0.3) is 5.65 Å². The fraction of sp³-hybridized carbons (Fsp3) is 0.417. The van der Waals surface area contributed by atoms with E-state index >= 15 is 0 Å². The van der Waals surface area contributed by atoms with Crippen molar-refractivity contribution < 1.29 is 9.53 Å². The van der Waals surface area contributed by atoms with Gasteiger partial charge in [0.05, 0.1) is 6.61 Å². The van der Waals surface area contributed by atoms with E-state index in [9.17, 15) is 4.79 Å². The number of ether oxygens (including phenoxy) is 1. The van der Waals surface area contributed by atoms with Crippen molar-refractivity contribution in [1.29, 1.82) is 0 Å². The molecule has 2 rings (SSSR count). The van der Waals surface area contributed by atoms with Crippen LogP contribution in [-0.2, 0) is 14.9 Å². The first-order valence-electron chi connectivity index (χ1n) is 5.64. The molecule has 0 fully saturated rings. The molecule has 0 radical (unpaired) electrons. The zero-order valence-corrected chi connectivity index (χ0v) is 12.1. The number of hydrogen-bond acceptors (Lipinski definition) is 4. The van der Waals surface area contributed by atoms with Gasteiger partial charge in [0, 0.05) is 10.7 Å². The van der Waals surface area contributed by atoms with Crippen LogP contribution in [-0.4, -0.2) is 27.2 Å². The Labute approximate surface area is 113 Å². The molecule has 0 aliphatic rings. The summed E-state index contributed by atoms with van der Waals surface area (Å²) in [5, 5.41) is 8.16. The lowest BCUT2D eigenvalue weighted by Crippen LogP contribution is -2.33. The highest BCUT2D eigenvalue weighted by atomic mass is 79.9. The molecule has 2 heterocycles. The summed E-state index contributed by atoms with van der Waals surface area (Å²) in [6, 6.07) is 3.72. The minimum atomic E-state index is -0.837. The fourth-order valence-corrected chi connectivity index (χ4v) is 2.03. The lowest BCUT2D eigenvalue weighted by Gasteiger charge is -2.20. The third-order valence-electron chi connectivity index (χ3n) is 2.71. The quantitative estimate of drug-likeness (QED) is 0.816. The number of fused-ring (bicyclic) bond motifs is 1. The van der Waals surface area contributed by atoms with Crippen LogP contribution in [0, 0.1) is 0 Å². The molecule has 0 aromatic carbocycles. The Morgan fingerprint density at radius 2 is 2.17 bits per heavy atom. The molecule has 0 atom stereocenters. The van der Waals surface area contributed by atoms with Gasteiger partial charge in [-0.05, 0) is 48.8 Å². The zero-order valence-electron chi connectivity index (χ0n) is 10.5. The van der Waals surface area contributed by atoms with Crippen LogP contribution in [0.15, 0.2) is 22.8 Å². The van der Waals surface area contributed by atoms with E-state index in [0.717, 1.165) is 4.47 Å². The van der Waals surface area contributed by atoms with Gasteiger partial charge in [-0.3, -0.25) is 9.20 Å². The molecule has 0 saturated heterocycles. The van der Waals surface area contributed by atoms with E-state index in [1.54, 1.807) is 25.2 Å². The van der Waals surface area contributed by atoms with Gasteiger partial charge in [-0.1, -0.05) is 0 Å². The van der Waals surface area contributed by atoms with Crippen molar-refractivity contribution in [3.63, 3.8) is 0 Å². The highest BCUT2D eigenvalue weighted by molar-refractivity contribution is 9.10. The summed E-state index contributed by atoms with van der Waals surface area (Å²) < 4.78 is 7.77. The summed E-state index contributed by atoms with van der Waals surface area (Å²) in [5.41, 5.74) is -0.137. The van der Waals surface area contributed by atoms with Crippen molar-refractivity contribution in [2.45, 2.75) is 26.2 Å². The number of hydrogen-bond donors (Lipinski definition) is 0. The Bertz CT molecular complexity index is 592. The van der Waals surface area contributed by atoms with E-state index in [1.165, 1.54) is 0 Å². The van der Waals surface area contributed by atoms with Crippen molar-refractivity contribution in [1.82, 2.24) is 14.6 Å². The van der Waals surface area contributed by atoms with Gasteiger partial charge in [0.25, 0.3) is 0 Å². The maximum Gasteiger partial charge on any atom is 0.319 e. The molecule has 5 nitrogen and oxygen atoms in total. The molecule has 2 aromatic heterocycles. The largest absolute Gasteiger partial charge is 0.465 e. The van der Waals surface area contributed by atoms with E-state index < -0.39 is 5.41 Å². The first-order valence-corrected chi connectivity index (χ1v) is 6.44. The second-order valence-corrected chi connectivity index (χ2v) is 5.36. The number of esters is 1.